The number of carbonyl (C=O) groups excluding carboxylic acids is 1. The number of anilines is 1. The molecule has 1 atom stereocenters. The molecule has 0 spiro atoms. The number of nitrogens with zero attached hydrogens (tertiary/aromatic N) is 2. The maximum atomic E-state index is 12.4. The third-order valence-electron chi connectivity index (χ3n) is 7.22. The Balaban J connectivity index is 1.96. The fraction of sp³-hybridized carbons (Fsp3) is 0.414. The van der Waals surface area contributed by atoms with Crippen molar-refractivity contribution in [3.05, 3.63) is 69.4 Å². The smallest absolute Gasteiger partial charge is 0.303 e. The fourth-order valence-corrected chi connectivity index (χ4v) is 9.68. The Morgan fingerprint density at radius 3 is 2.33 bits per heavy atom. The summed E-state index contributed by atoms with van der Waals surface area (Å²) in [4.78, 5) is 27.8. The van der Waals surface area contributed by atoms with Crippen LogP contribution in [0.2, 0.25) is 0 Å². The third-order valence-corrected chi connectivity index (χ3v) is 14.5. The first-order valence-corrected chi connectivity index (χ1v) is 19.7. The van der Waals surface area contributed by atoms with Crippen molar-refractivity contribution in [2.45, 2.75) is 57.8 Å². The zero-order valence-electron chi connectivity index (χ0n) is 23.7. The molecule has 2 heterocycles. The van der Waals surface area contributed by atoms with Gasteiger partial charge < -0.3 is 10.0 Å². The predicted octanol–water partition coefficient (Wildman–Crippen LogP) is 7.65. The van der Waals surface area contributed by atoms with Crippen LogP contribution in [-0.4, -0.2) is 58.0 Å². The van der Waals surface area contributed by atoms with Gasteiger partial charge in [-0.05, 0) is 119 Å². The van der Waals surface area contributed by atoms with Gasteiger partial charge in [-0.1, -0.05) is 61.1 Å². The molecule has 0 aliphatic carbocycles. The second-order valence-electron chi connectivity index (χ2n) is 10.2. The summed E-state index contributed by atoms with van der Waals surface area (Å²) in [6.07, 6.45) is 14.7. The molecular formula is C29H33I3N2O6S3. The zero-order valence-corrected chi connectivity index (χ0v) is 32.6. The minimum absolute atomic E-state index is 0.0875. The highest BCUT2D eigenvalue weighted by Crippen LogP contribution is 2.54. The van der Waals surface area contributed by atoms with Gasteiger partial charge >= 0.3 is 5.97 Å². The number of amides is 1. The molecule has 0 bridgehead atoms. The Morgan fingerprint density at radius 1 is 1.05 bits per heavy atom. The van der Waals surface area contributed by atoms with E-state index in [2.05, 4.69) is 85.7 Å². The lowest BCUT2D eigenvalue weighted by atomic mass is 9.77. The number of carboxylic acid groups (broad SMARTS) is 1. The first-order valence-electron chi connectivity index (χ1n) is 13.6. The highest BCUT2D eigenvalue weighted by molar-refractivity contribution is 14.1. The number of carbonyl (C=O) groups is 2. The number of benzene rings is 1. The van der Waals surface area contributed by atoms with Crippen LogP contribution in [0.1, 0.15) is 57.9 Å². The van der Waals surface area contributed by atoms with Crippen molar-refractivity contribution in [2.75, 3.05) is 23.7 Å². The van der Waals surface area contributed by atoms with Crippen LogP contribution in [0.15, 0.2) is 53.1 Å². The number of carboxylic acids is 1. The van der Waals surface area contributed by atoms with Gasteiger partial charge in [0.05, 0.1) is 10.7 Å². The fourth-order valence-electron chi connectivity index (χ4n) is 5.19. The van der Waals surface area contributed by atoms with Gasteiger partial charge in [-0.15, -0.1) is 0 Å². The molecule has 3 rings (SSSR count). The second-order valence-corrected chi connectivity index (χ2v) is 16.8. The van der Waals surface area contributed by atoms with Crippen molar-refractivity contribution in [1.29, 1.82) is 0 Å². The van der Waals surface area contributed by atoms with E-state index in [-0.39, 0.29) is 24.5 Å². The summed E-state index contributed by atoms with van der Waals surface area (Å²) in [5.41, 5.74) is 2.81. The monoisotopic (exact) mass is 982 g/mol. The van der Waals surface area contributed by atoms with Crippen molar-refractivity contribution in [3.8, 4) is 0 Å². The first kappa shape index (κ1) is 36.9. The minimum Gasteiger partial charge on any atom is -0.481 e. The number of likely N-dealkylation sites (N-methyl/N-ethyl adjacent to an activating group) is 1. The Hall–Kier alpha value is -0.540. The average molecular weight is 983 g/mol. The lowest BCUT2D eigenvalue weighted by molar-refractivity contribution is -0.137. The van der Waals surface area contributed by atoms with Crippen molar-refractivity contribution in [2.24, 2.45) is 0 Å². The standard InChI is InChI=1S/C29H33I3N2O6S3/c1-3-33-27(37)21(42-28(33)41)12-7-4-5-8-13-22-29(2,15-10-6-9-14-23(35)36)24-20(18-19(30)25(31)26(24)32)34(22)16-11-17-43(38,39)40/h4-5,7-8,12-13,18H,3,6,9-11,14-17H2,1-2H3,(H,35,36)(H,38,39,40)/b7-4+,8-5+,21-12+,22-13-. The van der Waals surface area contributed by atoms with E-state index in [4.69, 9.17) is 17.3 Å². The number of halogens is 3. The Bertz CT molecular complexity index is 1510. The predicted molar refractivity (Wildman–Crippen MR) is 203 cm³/mol. The summed E-state index contributed by atoms with van der Waals surface area (Å²) in [6.45, 7) is 5.03. The zero-order chi connectivity index (χ0) is 31.9. The largest absolute Gasteiger partial charge is 0.481 e. The molecule has 0 radical (unpaired) electrons. The van der Waals surface area contributed by atoms with Crippen LogP contribution in [0.25, 0.3) is 0 Å². The van der Waals surface area contributed by atoms with Gasteiger partial charge in [0.25, 0.3) is 16.0 Å². The molecule has 1 aromatic carbocycles. The number of thioether (sulfide) groups is 1. The van der Waals surface area contributed by atoms with Crippen molar-refractivity contribution in [1.82, 2.24) is 4.90 Å². The SMILES string of the molecule is CCN1C(=O)\C(=C/C=C/C=C/C=C2\N(CCCS(=O)(=O)O)c3cc(I)c(I)c(I)c3C2(C)CCCCCC(=O)O)SC1=S. The van der Waals surface area contributed by atoms with E-state index < -0.39 is 21.5 Å². The van der Waals surface area contributed by atoms with E-state index in [9.17, 15) is 22.6 Å². The number of thiocarbonyl (C=S) groups is 1. The van der Waals surface area contributed by atoms with E-state index in [0.29, 0.717) is 28.7 Å². The van der Waals surface area contributed by atoms with E-state index >= 15 is 0 Å². The Morgan fingerprint density at radius 2 is 1.72 bits per heavy atom. The van der Waals surface area contributed by atoms with E-state index in [1.54, 1.807) is 17.1 Å². The molecule has 0 aromatic heterocycles. The highest BCUT2D eigenvalue weighted by atomic mass is 127. The Labute approximate surface area is 304 Å². The van der Waals surface area contributed by atoms with Gasteiger partial charge in [-0.2, -0.15) is 8.42 Å². The lowest BCUT2D eigenvalue weighted by Gasteiger charge is -2.31. The van der Waals surface area contributed by atoms with Crippen LogP contribution in [0.5, 0.6) is 0 Å². The normalized spacial score (nSPS) is 21.0. The molecule has 14 heteroatoms. The maximum absolute atomic E-state index is 12.4. The van der Waals surface area contributed by atoms with Gasteiger partial charge in [0, 0.05) is 52.6 Å². The third kappa shape index (κ3) is 9.49. The lowest BCUT2D eigenvalue weighted by Crippen LogP contribution is -2.30. The molecule has 8 nitrogen and oxygen atoms in total. The van der Waals surface area contributed by atoms with Crippen molar-refractivity contribution >= 4 is 124 Å². The second kappa shape index (κ2) is 16.3. The molecule has 0 saturated carbocycles. The minimum atomic E-state index is -4.10. The van der Waals surface area contributed by atoms with Crippen LogP contribution in [-0.2, 0) is 25.1 Å². The molecule has 1 fully saturated rings. The molecule has 1 amide bonds. The number of rotatable bonds is 14. The highest BCUT2D eigenvalue weighted by Gasteiger charge is 2.45. The van der Waals surface area contributed by atoms with Crippen LogP contribution in [0.3, 0.4) is 0 Å². The van der Waals surface area contributed by atoms with Gasteiger partial charge in [0.15, 0.2) is 0 Å². The molecule has 2 N–H and O–H groups in total. The number of fused-ring (bicyclic) bond motifs is 1. The molecule has 234 valence electrons. The van der Waals surface area contributed by atoms with E-state index in [0.717, 1.165) is 41.4 Å². The number of hydrogen-bond acceptors (Lipinski definition) is 7. The molecule has 1 saturated heterocycles. The van der Waals surface area contributed by atoms with Crippen molar-refractivity contribution in [3.63, 3.8) is 0 Å². The number of unbranched alkanes of at least 4 members (excludes halogenated alkanes) is 2. The topological polar surface area (TPSA) is 115 Å². The van der Waals surface area contributed by atoms with E-state index in [1.165, 1.54) is 17.3 Å². The summed E-state index contributed by atoms with van der Waals surface area (Å²) in [5, 5.41) is 9.06. The summed E-state index contributed by atoms with van der Waals surface area (Å²) >= 11 is 13.6. The van der Waals surface area contributed by atoms with E-state index in [1.807, 2.05) is 31.2 Å². The number of aliphatic carboxylic acids is 1. The summed E-state index contributed by atoms with van der Waals surface area (Å²) in [7, 11) is -4.10. The average Bonchev–Trinajstić information content (AvgIpc) is 3.32. The summed E-state index contributed by atoms with van der Waals surface area (Å²) in [6, 6.07) is 2.13. The maximum Gasteiger partial charge on any atom is 0.303 e. The molecular weight excluding hydrogens is 949 g/mol. The van der Waals surface area contributed by atoms with Gasteiger partial charge in [-0.25, -0.2) is 0 Å². The summed E-state index contributed by atoms with van der Waals surface area (Å²) in [5.74, 6) is -1.22. The quantitative estimate of drug-likeness (QED) is 0.0369. The van der Waals surface area contributed by atoms with Gasteiger partial charge in [-0.3, -0.25) is 19.0 Å². The Kier molecular flexibility index (Phi) is 14.0. The van der Waals surface area contributed by atoms with Crippen molar-refractivity contribution < 1.29 is 27.7 Å². The van der Waals surface area contributed by atoms with Crippen LogP contribution in [0.4, 0.5) is 5.69 Å². The molecule has 2 aliphatic rings. The number of hydrogen-bond donors (Lipinski definition) is 2. The van der Waals surface area contributed by atoms with Gasteiger partial charge in [0.2, 0.25) is 0 Å². The van der Waals surface area contributed by atoms with Crippen LogP contribution in [0, 0.1) is 10.7 Å². The summed E-state index contributed by atoms with van der Waals surface area (Å²) < 4.78 is 36.4. The van der Waals surface area contributed by atoms with Crippen LogP contribution < -0.4 is 4.90 Å². The van der Waals surface area contributed by atoms with Gasteiger partial charge in [0.1, 0.15) is 4.32 Å². The molecule has 1 unspecified atom stereocenters. The molecule has 43 heavy (non-hydrogen) atoms. The number of allylic oxidation sites excluding steroid dienone is 7. The molecule has 1 aromatic rings. The van der Waals surface area contributed by atoms with Crippen LogP contribution >= 0.6 is 91.8 Å². The first-order chi connectivity index (χ1) is 20.2. The molecule has 2 aliphatic heterocycles.